The maximum Gasteiger partial charge on any atom is 0.416 e. The van der Waals surface area contributed by atoms with Gasteiger partial charge in [0.05, 0.1) is 23.5 Å². The summed E-state index contributed by atoms with van der Waals surface area (Å²) in [6.07, 6.45) is -1.02. The fourth-order valence-electron chi connectivity index (χ4n) is 3.74. The number of hydrogen-bond donors (Lipinski definition) is 1. The van der Waals surface area contributed by atoms with Crippen molar-refractivity contribution in [1.82, 2.24) is 9.88 Å². The number of alkyl halides is 3. The molecule has 3 amide bonds. The average Bonchev–Trinajstić information content (AvgIpc) is 3.05. The number of aromatic nitrogens is 1. The number of carbonyl (C=O) groups is 2. The first-order chi connectivity index (χ1) is 15.1. The highest BCUT2D eigenvalue weighted by Crippen LogP contribution is 2.31. The van der Waals surface area contributed by atoms with E-state index in [9.17, 15) is 22.8 Å². The number of urea groups is 1. The molecule has 1 saturated heterocycles. The Hall–Kier alpha value is -3.10. The van der Waals surface area contributed by atoms with Crippen LogP contribution >= 0.6 is 0 Å². The predicted octanol–water partition coefficient (Wildman–Crippen LogP) is 4.96. The van der Waals surface area contributed by atoms with Crippen LogP contribution in [0.1, 0.15) is 38.4 Å². The lowest BCUT2D eigenvalue weighted by Gasteiger charge is -2.25. The number of carbonyl (C=O) groups excluding carboxylic acids is 2. The highest BCUT2D eigenvalue weighted by atomic mass is 19.4. The third-order valence-electron chi connectivity index (χ3n) is 5.43. The Morgan fingerprint density at radius 1 is 1.25 bits per heavy atom. The van der Waals surface area contributed by atoms with E-state index in [1.54, 1.807) is 11.1 Å². The lowest BCUT2D eigenvalue weighted by Crippen LogP contribution is -2.42. The van der Waals surface area contributed by atoms with Crippen LogP contribution in [0.4, 0.5) is 29.3 Å². The SMILES string of the molecule is CCCc1ccc(N2C[C@H](C(C)C)N(CC(=O)Nc3cccc(C(F)(F)F)c3)C2=O)cn1. The van der Waals surface area contributed by atoms with E-state index in [1.165, 1.54) is 17.0 Å². The van der Waals surface area contributed by atoms with Crippen molar-refractivity contribution in [3.05, 3.63) is 53.9 Å². The van der Waals surface area contributed by atoms with Crippen LogP contribution in [0.15, 0.2) is 42.6 Å². The molecule has 1 fully saturated rings. The number of pyridine rings is 1. The minimum atomic E-state index is -4.50. The quantitative estimate of drug-likeness (QED) is 0.651. The molecule has 6 nitrogen and oxygen atoms in total. The molecule has 1 N–H and O–H groups in total. The van der Waals surface area contributed by atoms with Crippen LogP contribution in [-0.2, 0) is 17.4 Å². The molecule has 1 aliphatic rings. The van der Waals surface area contributed by atoms with Crippen LogP contribution in [-0.4, -0.2) is 41.0 Å². The lowest BCUT2D eigenvalue weighted by molar-refractivity contribution is -0.137. The zero-order chi connectivity index (χ0) is 23.5. The first-order valence-corrected chi connectivity index (χ1v) is 10.6. The smallest absolute Gasteiger partial charge is 0.325 e. The van der Waals surface area contributed by atoms with Crippen molar-refractivity contribution in [2.75, 3.05) is 23.3 Å². The van der Waals surface area contributed by atoms with Gasteiger partial charge in [0.1, 0.15) is 6.54 Å². The monoisotopic (exact) mass is 448 g/mol. The van der Waals surface area contributed by atoms with Crippen LogP contribution in [0.2, 0.25) is 0 Å². The van der Waals surface area contributed by atoms with Crippen LogP contribution < -0.4 is 10.2 Å². The Bertz CT molecular complexity index is 960. The molecule has 0 spiro atoms. The van der Waals surface area contributed by atoms with E-state index in [2.05, 4.69) is 17.2 Å². The van der Waals surface area contributed by atoms with Crippen molar-refractivity contribution < 1.29 is 22.8 Å². The van der Waals surface area contributed by atoms with Gasteiger partial charge >= 0.3 is 12.2 Å². The van der Waals surface area contributed by atoms with E-state index in [4.69, 9.17) is 0 Å². The maximum absolute atomic E-state index is 13.1. The third kappa shape index (κ3) is 5.38. The summed E-state index contributed by atoms with van der Waals surface area (Å²) in [4.78, 5) is 33.1. The van der Waals surface area contributed by atoms with Crippen molar-refractivity contribution in [1.29, 1.82) is 0 Å². The largest absolute Gasteiger partial charge is 0.416 e. The molecule has 1 aromatic carbocycles. The van der Waals surface area contributed by atoms with Gasteiger partial charge in [-0.05, 0) is 42.7 Å². The number of nitrogens with one attached hydrogen (secondary N) is 1. The number of halogens is 3. The maximum atomic E-state index is 13.1. The molecule has 1 aliphatic heterocycles. The molecular weight excluding hydrogens is 421 g/mol. The van der Waals surface area contributed by atoms with E-state index in [0.29, 0.717) is 12.2 Å². The Morgan fingerprint density at radius 3 is 2.59 bits per heavy atom. The van der Waals surface area contributed by atoms with Gasteiger partial charge in [-0.15, -0.1) is 0 Å². The summed E-state index contributed by atoms with van der Waals surface area (Å²) in [6.45, 7) is 6.14. The number of benzene rings is 1. The zero-order valence-corrected chi connectivity index (χ0v) is 18.3. The van der Waals surface area contributed by atoms with Crippen molar-refractivity contribution in [3.63, 3.8) is 0 Å². The van der Waals surface area contributed by atoms with Gasteiger partial charge in [-0.3, -0.25) is 14.7 Å². The molecule has 0 aliphatic carbocycles. The molecule has 32 heavy (non-hydrogen) atoms. The average molecular weight is 448 g/mol. The molecule has 1 aromatic heterocycles. The molecule has 9 heteroatoms. The summed E-state index contributed by atoms with van der Waals surface area (Å²) in [5.41, 5.74) is 0.782. The van der Waals surface area contributed by atoms with E-state index in [1.807, 2.05) is 26.0 Å². The predicted molar refractivity (Wildman–Crippen MR) is 116 cm³/mol. The second kappa shape index (κ2) is 9.58. The van der Waals surface area contributed by atoms with E-state index < -0.39 is 17.6 Å². The second-order valence-electron chi connectivity index (χ2n) is 8.22. The van der Waals surface area contributed by atoms with Gasteiger partial charge in [0.15, 0.2) is 0 Å². The van der Waals surface area contributed by atoms with Gasteiger partial charge in [0.25, 0.3) is 0 Å². The van der Waals surface area contributed by atoms with Crippen LogP contribution in [0, 0.1) is 5.92 Å². The first kappa shape index (κ1) is 23.6. The molecule has 2 aromatic rings. The summed E-state index contributed by atoms with van der Waals surface area (Å²) in [6, 6.07) is 7.62. The Balaban J connectivity index is 1.73. The van der Waals surface area contributed by atoms with Crippen molar-refractivity contribution >= 4 is 23.3 Å². The summed E-state index contributed by atoms with van der Waals surface area (Å²) >= 11 is 0. The summed E-state index contributed by atoms with van der Waals surface area (Å²) in [5.74, 6) is -0.473. The summed E-state index contributed by atoms with van der Waals surface area (Å²) in [5, 5.41) is 2.47. The normalized spacial score (nSPS) is 16.7. The third-order valence-corrected chi connectivity index (χ3v) is 5.43. The zero-order valence-electron chi connectivity index (χ0n) is 18.3. The molecule has 2 heterocycles. The van der Waals surface area contributed by atoms with Gasteiger partial charge in [0.2, 0.25) is 5.91 Å². The van der Waals surface area contributed by atoms with Gasteiger partial charge in [-0.25, -0.2) is 4.79 Å². The van der Waals surface area contributed by atoms with Gasteiger partial charge in [-0.1, -0.05) is 33.3 Å². The molecule has 172 valence electrons. The van der Waals surface area contributed by atoms with Gasteiger partial charge in [-0.2, -0.15) is 13.2 Å². The van der Waals surface area contributed by atoms with Crippen molar-refractivity contribution in [3.8, 4) is 0 Å². The van der Waals surface area contributed by atoms with Crippen molar-refractivity contribution in [2.24, 2.45) is 5.92 Å². The number of hydrogen-bond acceptors (Lipinski definition) is 3. The Labute approximate surface area is 185 Å². The minimum absolute atomic E-state index is 0.0325. The van der Waals surface area contributed by atoms with Gasteiger partial charge in [0, 0.05) is 17.9 Å². The molecule has 0 bridgehead atoms. The number of nitrogens with zero attached hydrogens (tertiary/aromatic N) is 3. The summed E-state index contributed by atoms with van der Waals surface area (Å²) < 4.78 is 38.8. The fourth-order valence-corrected chi connectivity index (χ4v) is 3.74. The highest BCUT2D eigenvalue weighted by Gasteiger charge is 2.40. The Kier molecular flexibility index (Phi) is 7.06. The van der Waals surface area contributed by atoms with Crippen LogP contribution in [0.3, 0.4) is 0 Å². The van der Waals surface area contributed by atoms with E-state index in [0.717, 1.165) is 30.7 Å². The van der Waals surface area contributed by atoms with E-state index >= 15 is 0 Å². The fraction of sp³-hybridized carbons (Fsp3) is 0.435. The molecule has 0 saturated carbocycles. The molecule has 1 atom stereocenters. The van der Waals surface area contributed by atoms with Crippen LogP contribution in [0.25, 0.3) is 0 Å². The van der Waals surface area contributed by atoms with Crippen molar-refractivity contribution in [2.45, 2.75) is 45.8 Å². The molecule has 0 radical (unpaired) electrons. The second-order valence-corrected chi connectivity index (χ2v) is 8.22. The number of amides is 3. The lowest BCUT2D eigenvalue weighted by atomic mass is 10.0. The number of rotatable bonds is 7. The number of anilines is 2. The standard InChI is InChI=1S/C23H27F3N4O2/c1-4-6-17-9-10-19(12-27-17)29-13-20(15(2)3)30(22(29)32)14-21(31)28-18-8-5-7-16(11-18)23(24,25)26/h5,7-12,15,20H,4,6,13-14H2,1-3H3,(H,28,31)/t20-/m1/s1. The molecule has 0 unspecified atom stereocenters. The molecular formula is C23H27F3N4O2. The Morgan fingerprint density at radius 2 is 2.00 bits per heavy atom. The van der Waals surface area contributed by atoms with Crippen LogP contribution in [0.5, 0.6) is 0 Å². The van der Waals surface area contributed by atoms with E-state index in [-0.39, 0.29) is 30.2 Å². The molecule has 3 rings (SSSR count). The highest BCUT2D eigenvalue weighted by molar-refractivity contribution is 5.99. The minimum Gasteiger partial charge on any atom is -0.325 e. The number of aryl methyl sites for hydroxylation is 1. The summed E-state index contributed by atoms with van der Waals surface area (Å²) in [7, 11) is 0. The topological polar surface area (TPSA) is 65.5 Å². The van der Waals surface area contributed by atoms with Gasteiger partial charge < -0.3 is 10.2 Å². The first-order valence-electron chi connectivity index (χ1n) is 10.6.